The van der Waals surface area contributed by atoms with E-state index in [1.807, 2.05) is 19.1 Å². The topological polar surface area (TPSA) is 9.23 Å². The van der Waals surface area contributed by atoms with Gasteiger partial charge in [-0.05, 0) is 74.7 Å². The van der Waals surface area contributed by atoms with Crippen molar-refractivity contribution in [3.63, 3.8) is 0 Å². The molecule has 2 fully saturated rings. The lowest BCUT2D eigenvalue weighted by atomic mass is 9.68. The molecule has 0 spiro atoms. The Kier molecular flexibility index (Phi) is 10.3. The molecule has 0 N–H and O–H groups in total. The summed E-state index contributed by atoms with van der Waals surface area (Å²) in [6.45, 7) is 9.93. The zero-order valence-electron chi connectivity index (χ0n) is 16.4. The molecule has 0 aromatic heterocycles. The molecule has 0 heterocycles. The van der Waals surface area contributed by atoms with Gasteiger partial charge in [-0.3, -0.25) is 4.74 Å². The van der Waals surface area contributed by atoms with Gasteiger partial charge < -0.3 is 0 Å². The van der Waals surface area contributed by atoms with Gasteiger partial charge in [-0.1, -0.05) is 38.0 Å². The molecule has 0 radical (unpaired) electrons. The molecule has 2 saturated carbocycles. The highest BCUT2D eigenvalue weighted by Gasteiger charge is 2.31. The highest BCUT2D eigenvalue weighted by atomic mass is 19.4. The average Bonchev–Trinajstić information content (AvgIpc) is 2.64. The molecule has 0 atom stereocenters. The van der Waals surface area contributed by atoms with Crippen LogP contribution in [0.3, 0.4) is 0 Å². The van der Waals surface area contributed by atoms with Crippen molar-refractivity contribution in [3.8, 4) is 0 Å². The molecule has 2 aliphatic rings. The van der Waals surface area contributed by atoms with Crippen LogP contribution in [-0.4, -0.2) is 13.0 Å². The van der Waals surface area contributed by atoms with Gasteiger partial charge in [0.25, 0.3) is 0 Å². The summed E-state index contributed by atoms with van der Waals surface area (Å²) in [6.07, 6.45) is 11.2. The molecule has 150 valence electrons. The van der Waals surface area contributed by atoms with Gasteiger partial charge in [0.05, 0.1) is 6.61 Å². The van der Waals surface area contributed by atoms with E-state index in [1.165, 1.54) is 57.4 Å². The summed E-state index contributed by atoms with van der Waals surface area (Å²) >= 11 is 0. The summed E-state index contributed by atoms with van der Waals surface area (Å²) in [7, 11) is 0. The van der Waals surface area contributed by atoms with Crippen molar-refractivity contribution in [2.75, 3.05) is 6.61 Å². The maximum Gasteiger partial charge on any atom is 0.522 e. The smallest absolute Gasteiger partial charge is 0.288 e. The van der Waals surface area contributed by atoms with Crippen molar-refractivity contribution in [3.05, 3.63) is 37.0 Å². The first-order chi connectivity index (χ1) is 12.4. The van der Waals surface area contributed by atoms with Gasteiger partial charge in [0.15, 0.2) is 0 Å². The standard InChI is InChI=1S/C20H31F3O.C2H4/c1-3-16(5-4-14-24-20(21,22)23)17-10-12-19(13-11-17)18-8-6-15(2)7-9-18;1-2/h3-5,15,17-19H,6-14H2,1-2H3;1-2H2/b5-4-,16-3+;. The molecule has 0 aliphatic heterocycles. The van der Waals surface area contributed by atoms with Crippen LogP contribution >= 0.6 is 0 Å². The molecule has 0 bridgehead atoms. The van der Waals surface area contributed by atoms with Crippen LogP contribution in [0.5, 0.6) is 0 Å². The summed E-state index contributed by atoms with van der Waals surface area (Å²) in [4.78, 5) is 0. The van der Waals surface area contributed by atoms with Crippen LogP contribution in [0.1, 0.15) is 65.2 Å². The number of halogens is 3. The van der Waals surface area contributed by atoms with E-state index in [2.05, 4.69) is 24.8 Å². The van der Waals surface area contributed by atoms with E-state index in [0.717, 1.165) is 23.3 Å². The molecule has 0 amide bonds. The van der Waals surface area contributed by atoms with Crippen molar-refractivity contribution in [1.82, 2.24) is 0 Å². The van der Waals surface area contributed by atoms with E-state index in [0.29, 0.717) is 5.92 Å². The number of alkyl halides is 3. The van der Waals surface area contributed by atoms with Gasteiger partial charge >= 0.3 is 6.36 Å². The van der Waals surface area contributed by atoms with E-state index in [-0.39, 0.29) is 0 Å². The molecule has 1 nitrogen and oxygen atoms in total. The van der Waals surface area contributed by atoms with Crippen molar-refractivity contribution in [2.24, 2.45) is 23.7 Å². The Morgan fingerprint density at radius 1 is 0.962 bits per heavy atom. The number of rotatable bonds is 5. The molecule has 0 unspecified atom stereocenters. The first kappa shape index (κ1) is 23.0. The monoisotopic (exact) mass is 372 g/mol. The van der Waals surface area contributed by atoms with E-state index < -0.39 is 13.0 Å². The predicted molar refractivity (Wildman–Crippen MR) is 103 cm³/mol. The number of hydrogen-bond donors (Lipinski definition) is 0. The molecular weight excluding hydrogens is 337 g/mol. The van der Waals surface area contributed by atoms with Crippen molar-refractivity contribution in [2.45, 2.75) is 71.6 Å². The van der Waals surface area contributed by atoms with Crippen LogP contribution in [0, 0.1) is 23.7 Å². The maximum atomic E-state index is 12.0. The largest absolute Gasteiger partial charge is 0.522 e. The fourth-order valence-corrected chi connectivity index (χ4v) is 4.48. The number of ether oxygens (including phenoxy) is 1. The van der Waals surface area contributed by atoms with Crippen LogP contribution in [0.15, 0.2) is 37.0 Å². The van der Waals surface area contributed by atoms with Crippen LogP contribution in [0.4, 0.5) is 13.2 Å². The normalized spacial score (nSPS) is 30.7. The Morgan fingerprint density at radius 2 is 1.46 bits per heavy atom. The molecule has 2 aliphatic carbocycles. The van der Waals surface area contributed by atoms with Crippen LogP contribution in [-0.2, 0) is 4.74 Å². The molecule has 0 aromatic carbocycles. The Bertz CT molecular complexity index is 437. The molecular formula is C22H35F3O. The van der Waals surface area contributed by atoms with Gasteiger partial charge in [0.2, 0.25) is 0 Å². The molecule has 2 rings (SSSR count). The lowest BCUT2D eigenvalue weighted by Gasteiger charge is -2.37. The summed E-state index contributed by atoms with van der Waals surface area (Å²) in [5.74, 6) is 3.17. The first-order valence-corrected chi connectivity index (χ1v) is 9.92. The first-order valence-electron chi connectivity index (χ1n) is 9.92. The minimum absolute atomic E-state index is 0.406. The second-order valence-electron chi connectivity index (χ2n) is 7.58. The fourth-order valence-electron chi connectivity index (χ4n) is 4.48. The minimum Gasteiger partial charge on any atom is -0.288 e. The zero-order valence-corrected chi connectivity index (χ0v) is 16.4. The maximum absolute atomic E-state index is 12.0. The minimum atomic E-state index is -4.55. The van der Waals surface area contributed by atoms with Crippen LogP contribution in [0.25, 0.3) is 0 Å². The third kappa shape index (κ3) is 8.11. The van der Waals surface area contributed by atoms with E-state index in [1.54, 1.807) is 0 Å². The highest BCUT2D eigenvalue weighted by molar-refractivity contribution is 5.21. The second-order valence-corrected chi connectivity index (χ2v) is 7.58. The predicted octanol–water partition coefficient (Wildman–Crippen LogP) is 7.46. The van der Waals surface area contributed by atoms with Crippen LogP contribution < -0.4 is 0 Å². The van der Waals surface area contributed by atoms with Gasteiger partial charge in [-0.2, -0.15) is 0 Å². The molecule has 4 heteroatoms. The fraction of sp³-hybridized carbons (Fsp3) is 0.727. The Morgan fingerprint density at radius 3 is 1.92 bits per heavy atom. The summed E-state index contributed by atoms with van der Waals surface area (Å²) in [6, 6.07) is 0. The number of hydrogen-bond acceptors (Lipinski definition) is 1. The van der Waals surface area contributed by atoms with Crippen LogP contribution in [0.2, 0.25) is 0 Å². The summed E-state index contributed by atoms with van der Waals surface area (Å²) in [5, 5.41) is 0. The van der Waals surface area contributed by atoms with Gasteiger partial charge in [0.1, 0.15) is 0 Å². The molecule has 0 aromatic rings. The number of allylic oxidation sites excluding steroid dienone is 3. The highest BCUT2D eigenvalue weighted by Crippen LogP contribution is 2.42. The quantitative estimate of drug-likeness (QED) is 0.359. The van der Waals surface area contributed by atoms with Crippen molar-refractivity contribution in [1.29, 1.82) is 0 Å². The average molecular weight is 373 g/mol. The summed E-state index contributed by atoms with van der Waals surface area (Å²) < 4.78 is 39.8. The van der Waals surface area contributed by atoms with E-state index in [4.69, 9.17) is 0 Å². The van der Waals surface area contributed by atoms with E-state index >= 15 is 0 Å². The third-order valence-electron chi connectivity index (χ3n) is 5.96. The van der Waals surface area contributed by atoms with Gasteiger partial charge in [-0.15, -0.1) is 26.3 Å². The zero-order chi connectivity index (χ0) is 19.6. The third-order valence-corrected chi connectivity index (χ3v) is 5.96. The Hall–Kier alpha value is -1.03. The Labute approximate surface area is 157 Å². The lowest BCUT2D eigenvalue weighted by molar-refractivity contribution is -0.319. The Balaban J connectivity index is 0.00000163. The molecule has 0 saturated heterocycles. The summed E-state index contributed by atoms with van der Waals surface area (Å²) in [5.41, 5.74) is 1.16. The SMILES string of the molecule is C/C=C(\C=C/COC(F)(F)F)C1CCC(C2CCC(C)CC2)CC1.C=C. The second kappa shape index (κ2) is 11.6. The van der Waals surface area contributed by atoms with Gasteiger partial charge in [-0.25, -0.2) is 0 Å². The van der Waals surface area contributed by atoms with E-state index in [9.17, 15) is 13.2 Å². The van der Waals surface area contributed by atoms with Crippen molar-refractivity contribution >= 4 is 0 Å². The lowest BCUT2D eigenvalue weighted by Crippen LogP contribution is -2.25. The molecule has 26 heavy (non-hydrogen) atoms. The van der Waals surface area contributed by atoms with Gasteiger partial charge in [0, 0.05) is 0 Å². The van der Waals surface area contributed by atoms with Crippen molar-refractivity contribution < 1.29 is 17.9 Å².